The molecule has 1 amide bonds. The number of hydrogen-bond acceptors (Lipinski definition) is 3. The van der Waals surface area contributed by atoms with Crippen LogP contribution in [0.3, 0.4) is 0 Å². The SMILES string of the molecule is CCCCNC(=O)CNC(C)CC(C)O. The average molecular weight is 216 g/mol. The van der Waals surface area contributed by atoms with E-state index in [9.17, 15) is 4.79 Å². The quantitative estimate of drug-likeness (QED) is 0.522. The number of carbonyl (C=O) groups is 1. The summed E-state index contributed by atoms with van der Waals surface area (Å²) < 4.78 is 0. The molecule has 0 fully saturated rings. The average Bonchev–Trinajstić information content (AvgIpc) is 2.14. The van der Waals surface area contributed by atoms with Crippen LogP contribution in [0.1, 0.15) is 40.0 Å². The summed E-state index contributed by atoms with van der Waals surface area (Å²) in [5, 5.41) is 15.0. The van der Waals surface area contributed by atoms with E-state index in [2.05, 4.69) is 17.6 Å². The molecule has 0 aliphatic carbocycles. The molecule has 0 spiro atoms. The molecule has 0 aliphatic rings. The summed E-state index contributed by atoms with van der Waals surface area (Å²) in [5.41, 5.74) is 0. The Morgan fingerprint density at radius 1 is 1.40 bits per heavy atom. The van der Waals surface area contributed by atoms with Crippen molar-refractivity contribution < 1.29 is 9.90 Å². The van der Waals surface area contributed by atoms with Gasteiger partial charge in [0, 0.05) is 12.6 Å². The smallest absolute Gasteiger partial charge is 0.233 e. The first-order valence-corrected chi connectivity index (χ1v) is 5.74. The summed E-state index contributed by atoms with van der Waals surface area (Å²) >= 11 is 0. The van der Waals surface area contributed by atoms with Gasteiger partial charge in [-0.1, -0.05) is 13.3 Å². The van der Waals surface area contributed by atoms with Gasteiger partial charge < -0.3 is 15.7 Å². The summed E-state index contributed by atoms with van der Waals surface area (Å²) in [6, 6.07) is 0.168. The highest BCUT2D eigenvalue weighted by atomic mass is 16.3. The highest BCUT2D eigenvalue weighted by molar-refractivity contribution is 5.77. The maximum Gasteiger partial charge on any atom is 0.233 e. The van der Waals surface area contributed by atoms with Gasteiger partial charge in [0.2, 0.25) is 5.91 Å². The highest BCUT2D eigenvalue weighted by Gasteiger charge is 2.07. The monoisotopic (exact) mass is 216 g/mol. The normalized spacial score (nSPS) is 14.7. The molecule has 0 saturated carbocycles. The molecule has 90 valence electrons. The van der Waals surface area contributed by atoms with Crippen molar-refractivity contribution >= 4 is 5.91 Å². The number of carbonyl (C=O) groups excluding carboxylic acids is 1. The van der Waals surface area contributed by atoms with E-state index < -0.39 is 0 Å². The molecule has 15 heavy (non-hydrogen) atoms. The van der Waals surface area contributed by atoms with Crippen LogP contribution in [0.5, 0.6) is 0 Å². The van der Waals surface area contributed by atoms with Crippen LogP contribution in [-0.4, -0.2) is 36.2 Å². The summed E-state index contributed by atoms with van der Waals surface area (Å²) in [7, 11) is 0. The van der Waals surface area contributed by atoms with Crippen molar-refractivity contribution in [1.82, 2.24) is 10.6 Å². The van der Waals surface area contributed by atoms with Crippen LogP contribution in [0, 0.1) is 0 Å². The zero-order chi connectivity index (χ0) is 11.7. The predicted octanol–water partition coefficient (Wildman–Crippen LogP) is 0.652. The van der Waals surface area contributed by atoms with E-state index in [1.165, 1.54) is 0 Å². The minimum Gasteiger partial charge on any atom is -0.393 e. The van der Waals surface area contributed by atoms with Gasteiger partial charge in [-0.15, -0.1) is 0 Å². The van der Waals surface area contributed by atoms with Crippen LogP contribution >= 0.6 is 0 Å². The lowest BCUT2D eigenvalue weighted by Crippen LogP contribution is -2.39. The van der Waals surface area contributed by atoms with Crippen molar-refractivity contribution in [2.45, 2.75) is 52.2 Å². The minimum atomic E-state index is -0.323. The predicted molar refractivity (Wildman–Crippen MR) is 61.7 cm³/mol. The summed E-state index contributed by atoms with van der Waals surface area (Å²) in [4.78, 5) is 11.3. The van der Waals surface area contributed by atoms with E-state index in [0.29, 0.717) is 13.0 Å². The van der Waals surface area contributed by atoms with Crippen LogP contribution < -0.4 is 10.6 Å². The Morgan fingerprint density at radius 2 is 2.07 bits per heavy atom. The lowest BCUT2D eigenvalue weighted by atomic mass is 10.1. The first-order valence-electron chi connectivity index (χ1n) is 5.74. The van der Waals surface area contributed by atoms with Gasteiger partial charge in [-0.3, -0.25) is 4.79 Å². The van der Waals surface area contributed by atoms with Crippen molar-refractivity contribution in [1.29, 1.82) is 0 Å². The molecule has 4 heteroatoms. The highest BCUT2D eigenvalue weighted by Crippen LogP contribution is 1.95. The van der Waals surface area contributed by atoms with Crippen molar-refractivity contribution in [3.05, 3.63) is 0 Å². The van der Waals surface area contributed by atoms with E-state index >= 15 is 0 Å². The molecule has 0 aromatic rings. The number of rotatable bonds is 8. The van der Waals surface area contributed by atoms with Crippen molar-refractivity contribution in [2.24, 2.45) is 0 Å². The van der Waals surface area contributed by atoms with Crippen LogP contribution in [0.15, 0.2) is 0 Å². The van der Waals surface area contributed by atoms with Crippen molar-refractivity contribution in [3.8, 4) is 0 Å². The van der Waals surface area contributed by atoms with Crippen LogP contribution in [0.2, 0.25) is 0 Å². The molecule has 4 nitrogen and oxygen atoms in total. The first kappa shape index (κ1) is 14.4. The lowest BCUT2D eigenvalue weighted by Gasteiger charge is -2.15. The topological polar surface area (TPSA) is 61.4 Å². The van der Waals surface area contributed by atoms with Gasteiger partial charge in [0.15, 0.2) is 0 Å². The van der Waals surface area contributed by atoms with Crippen LogP contribution in [0.4, 0.5) is 0 Å². The lowest BCUT2D eigenvalue weighted by molar-refractivity contribution is -0.120. The largest absolute Gasteiger partial charge is 0.393 e. The van der Waals surface area contributed by atoms with Gasteiger partial charge in [0.05, 0.1) is 12.6 Å². The third kappa shape index (κ3) is 9.69. The molecule has 0 bridgehead atoms. The Kier molecular flexibility index (Phi) is 8.33. The summed E-state index contributed by atoms with van der Waals surface area (Å²) in [6.07, 6.45) is 2.46. The zero-order valence-electron chi connectivity index (χ0n) is 10.0. The van der Waals surface area contributed by atoms with Gasteiger partial charge >= 0.3 is 0 Å². The van der Waals surface area contributed by atoms with Crippen molar-refractivity contribution in [2.75, 3.05) is 13.1 Å². The third-order valence-corrected chi connectivity index (χ3v) is 2.16. The molecule has 2 unspecified atom stereocenters. The van der Waals surface area contributed by atoms with E-state index in [4.69, 9.17) is 5.11 Å². The second-order valence-corrected chi connectivity index (χ2v) is 4.07. The molecule has 0 radical (unpaired) electrons. The second kappa shape index (κ2) is 8.68. The number of hydrogen-bond donors (Lipinski definition) is 3. The zero-order valence-corrected chi connectivity index (χ0v) is 10.0. The number of unbranched alkanes of at least 4 members (excludes halogenated alkanes) is 1. The molecule has 0 heterocycles. The molecule has 0 aromatic carbocycles. The Labute approximate surface area is 92.4 Å². The molecule has 0 aromatic heterocycles. The third-order valence-electron chi connectivity index (χ3n) is 2.16. The van der Waals surface area contributed by atoms with E-state index in [0.717, 1.165) is 19.4 Å². The van der Waals surface area contributed by atoms with Crippen LogP contribution in [0.25, 0.3) is 0 Å². The Morgan fingerprint density at radius 3 is 2.60 bits per heavy atom. The van der Waals surface area contributed by atoms with Gasteiger partial charge in [-0.2, -0.15) is 0 Å². The standard InChI is InChI=1S/C11H24N2O2/c1-4-5-6-12-11(15)8-13-9(2)7-10(3)14/h9-10,13-14H,4-8H2,1-3H3,(H,12,15). The first-order chi connectivity index (χ1) is 7.06. The van der Waals surface area contributed by atoms with Gasteiger partial charge in [-0.05, 0) is 26.7 Å². The van der Waals surface area contributed by atoms with Crippen LogP contribution in [-0.2, 0) is 4.79 Å². The molecule has 0 aliphatic heterocycles. The van der Waals surface area contributed by atoms with Gasteiger partial charge in [-0.25, -0.2) is 0 Å². The molecule has 0 saturated heterocycles. The Bertz CT molecular complexity index is 172. The molecular formula is C11H24N2O2. The number of amides is 1. The maximum atomic E-state index is 11.3. The van der Waals surface area contributed by atoms with E-state index in [-0.39, 0.29) is 18.1 Å². The maximum absolute atomic E-state index is 11.3. The fraction of sp³-hybridized carbons (Fsp3) is 0.909. The molecule has 3 N–H and O–H groups in total. The molecule has 0 rings (SSSR count). The van der Waals surface area contributed by atoms with E-state index in [1.807, 2.05) is 6.92 Å². The summed E-state index contributed by atoms with van der Waals surface area (Å²) in [6.45, 7) is 6.89. The number of aliphatic hydroxyl groups is 1. The summed E-state index contributed by atoms with van der Waals surface area (Å²) in [5.74, 6) is 0.0286. The molecular weight excluding hydrogens is 192 g/mol. The van der Waals surface area contributed by atoms with Gasteiger partial charge in [0.25, 0.3) is 0 Å². The van der Waals surface area contributed by atoms with Crippen molar-refractivity contribution in [3.63, 3.8) is 0 Å². The Balaban J connectivity index is 3.44. The second-order valence-electron chi connectivity index (χ2n) is 4.07. The van der Waals surface area contributed by atoms with Gasteiger partial charge in [0.1, 0.15) is 0 Å². The Hall–Kier alpha value is -0.610. The van der Waals surface area contributed by atoms with E-state index in [1.54, 1.807) is 6.92 Å². The molecule has 2 atom stereocenters. The number of nitrogens with one attached hydrogen (secondary N) is 2. The fourth-order valence-corrected chi connectivity index (χ4v) is 1.33. The number of aliphatic hydroxyl groups excluding tert-OH is 1. The minimum absolute atomic E-state index is 0.0286. The fourth-order valence-electron chi connectivity index (χ4n) is 1.33.